The standard InChI is InChI=1S/C12H18N2/c1-2-11-4-3-9-14(10-11)12-5-7-13-8-6-12/h5-8,11H,2-4,9-10H2,1H3/t11-/m0/s1. The molecule has 0 radical (unpaired) electrons. The van der Waals surface area contributed by atoms with Crippen LogP contribution in [0.2, 0.25) is 0 Å². The van der Waals surface area contributed by atoms with Crippen molar-refractivity contribution in [3.8, 4) is 0 Å². The predicted molar refractivity (Wildman–Crippen MR) is 59.5 cm³/mol. The maximum atomic E-state index is 4.05. The Morgan fingerprint density at radius 1 is 1.43 bits per heavy atom. The highest BCUT2D eigenvalue weighted by Crippen LogP contribution is 2.23. The summed E-state index contributed by atoms with van der Waals surface area (Å²) in [6, 6.07) is 4.22. The average molecular weight is 190 g/mol. The van der Waals surface area contributed by atoms with Crippen molar-refractivity contribution in [2.75, 3.05) is 18.0 Å². The van der Waals surface area contributed by atoms with Crippen LogP contribution in [-0.4, -0.2) is 18.1 Å². The van der Waals surface area contributed by atoms with Gasteiger partial charge in [-0.25, -0.2) is 0 Å². The van der Waals surface area contributed by atoms with Crippen molar-refractivity contribution in [3.05, 3.63) is 24.5 Å². The number of piperidine rings is 1. The Bertz CT molecular complexity index is 271. The Kier molecular flexibility index (Phi) is 3.02. The first-order valence-corrected chi connectivity index (χ1v) is 5.55. The van der Waals surface area contributed by atoms with Gasteiger partial charge in [-0.3, -0.25) is 4.98 Å². The van der Waals surface area contributed by atoms with Crippen molar-refractivity contribution in [2.45, 2.75) is 26.2 Å². The van der Waals surface area contributed by atoms with Crippen molar-refractivity contribution in [3.63, 3.8) is 0 Å². The Morgan fingerprint density at radius 2 is 2.21 bits per heavy atom. The largest absolute Gasteiger partial charge is 0.371 e. The molecule has 0 spiro atoms. The number of hydrogen-bond acceptors (Lipinski definition) is 2. The van der Waals surface area contributed by atoms with Gasteiger partial charge in [-0.05, 0) is 30.9 Å². The number of nitrogens with zero attached hydrogens (tertiary/aromatic N) is 2. The van der Waals surface area contributed by atoms with E-state index >= 15 is 0 Å². The number of aromatic nitrogens is 1. The highest BCUT2D eigenvalue weighted by molar-refractivity contribution is 5.44. The Labute approximate surface area is 86.0 Å². The van der Waals surface area contributed by atoms with Gasteiger partial charge in [0.25, 0.3) is 0 Å². The van der Waals surface area contributed by atoms with E-state index in [0.29, 0.717) is 0 Å². The van der Waals surface area contributed by atoms with Crippen LogP contribution in [0.15, 0.2) is 24.5 Å². The van der Waals surface area contributed by atoms with Crippen LogP contribution in [0.3, 0.4) is 0 Å². The summed E-state index contributed by atoms with van der Waals surface area (Å²) >= 11 is 0. The Morgan fingerprint density at radius 3 is 2.93 bits per heavy atom. The second-order valence-electron chi connectivity index (χ2n) is 4.07. The van der Waals surface area contributed by atoms with Crippen molar-refractivity contribution in [1.82, 2.24) is 4.98 Å². The van der Waals surface area contributed by atoms with Crippen molar-refractivity contribution >= 4 is 5.69 Å². The lowest BCUT2D eigenvalue weighted by Gasteiger charge is -2.33. The predicted octanol–water partition coefficient (Wildman–Crippen LogP) is 2.71. The molecule has 2 heteroatoms. The SMILES string of the molecule is CC[C@H]1CCCN(c2ccncc2)C1. The molecule has 1 atom stereocenters. The minimum atomic E-state index is 0.886. The third-order valence-electron chi connectivity index (χ3n) is 3.12. The van der Waals surface area contributed by atoms with Gasteiger partial charge in [-0.2, -0.15) is 0 Å². The molecule has 2 rings (SSSR count). The zero-order valence-electron chi connectivity index (χ0n) is 8.82. The minimum absolute atomic E-state index is 0.886. The number of anilines is 1. The summed E-state index contributed by atoms with van der Waals surface area (Å²) in [6.07, 6.45) is 7.80. The fraction of sp³-hybridized carbons (Fsp3) is 0.583. The molecule has 2 nitrogen and oxygen atoms in total. The molecule has 0 unspecified atom stereocenters. The summed E-state index contributed by atoms with van der Waals surface area (Å²) < 4.78 is 0. The fourth-order valence-electron chi connectivity index (χ4n) is 2.19. The third-order valence-corrected chi connectivity index (χ3v) is 3.12. The van der Waals surface area contributed by atoms with Crippen molar-refractivity contribution in [1.29, 1.82) is 0 Å². The van der Waals surface area contributed by atoms with Gasteiger partial charge in [0.1, 0.15) is 0 Å². The van der Waals surface area contributed by atoms with Gasteiger partial charge in [0.15, 0.2) is 0 Å². The maximum Gasteiger partial charge on any atom is 0.0397 e. The van der Waals surface area contributed by atoms with Crippen LogP contribution in [0.1, 0.15) is 26.2 Å². The summed E-state index contributed by atoms with van der Waals surface area (Å²) in [4.78, 5) is 6.54. The summed E-state index contributed by atoms with van der Waals surface area (Å²) in [6.45, 7) is 4.72. The van der Waals surface area contributed by atoms with Crippen LogP contribution in [0.4, 0.5) is 5.69 Å². The molecule has 1 aliphatic rings. The van der Waals surface area contributed by atoms with Crippen LogP contribution in [0.5, 0.6) is 0 Å². The molecule has 1 fully saturated rings. The quantitative estimate of drug-likeness (QED) is 0.712. The van der Waals surface area contributed by atoms with E-state index in [1.807, 2.05) is 12.4 Å². The zero-order valence-corrected chi connectivity index (χ0v) is 8.82. The average Bonchev–Trinajstić information content (AvgIpc) is 2.30. The van der Waals surface area contributed by atoms with E-state index < -0.39 is 0 Å². The minimum Gasteiger partial charge on any atom is -0.371 e. The van der Waals surface area contributed by atoms with Gasteiger partial charge in [0, 0.05) is 31.2 Å². The van der Waals surface area contributed by atoms with E-state index in [9.17, 15) is 0 Å². The van der Waals surface area contributed by atoms with E-state index in [2.05, 4.69) is 28.9 Å². The van der Waals surface area contributed by atoms with Crippen LogP contribution in [-0.2, 0) is 0 Å². The van der Waals surface area contributed by atoms with Gasteiger partial charge < -0.3 is 4.90 Å². The topological polar surface area (TPSA) is 16.1 Å². The lowest BCUT2D eigenvalue weighted by atomic mass is 9.95. The first-order chi connectivity index (χ1) is 6.90. The summed E-state index contributed by atoms with van der Waals surface area (Å²) in [7, 11) is 0. The molecule has 2 heterocycles. The van der Waals surface area contributed by atoms with Gasteiger partial charge in [-0.15, -0.1) is 0 Å². The summed E-state index contributed by atoms with van der Waals surface area (Å²) in [5.41, 5.74) is 1.33. The molecule has 1 saturated heterocycles. The Hall–Kier alpha value is -1.05. The smallest absolute Gasteiger partial charge is 0.0397 e. The summed E-state index contributed by atoms with van der Waals surface area (Å²) in [5, 5.41) is 0. The van der Waals surface area contributed by atoms with Gasteiger partial charge in [0.2, 0.25) is 0 Å². The maximum absolute atomic E-state index is 4.05. The van der Waals surface area contributed by atoms with Gasteiger partial charge >= 0.3 is 0 Å². The van der Waals surface area contributed by atoms with E-state index in [1.54, 1.807) is 0 Å². The van der Waals surface area contributed by atoms with Crippen LogP contribution < -0.4 is 4.90 Å². The van der Waals surface area contributed by atoms with E-state index in [0.717, 1.165) is 5.92 Å². The molecule has 1 aromatic heterocycles. The van der Waals surface area contributed by atoms with Crippen molar-refractivity contribution in [2.24, 2.45) is 5.92 Å². The first-order valence-electron chi connectivity index (χ1n) is 5.55. The zero-order chi connectivity index (χ0) is 9.80. The van der Waals surface area contributed by atoms with Crippen LogP contribution in [0, 0.1) is 5.92 Å². The number of pyridine rings is 1. The Balaban J connectivity index is 2.04. The molecular formula is C12H18N2. The molecule has 76 valence electrons. The lowest BCUT2D eigenvalue weighted by molar-refractivity contribution is 0.404. The molecule has 0 aromatic carbocycles. The second-order valence-corrected chi connectivity index (χ2v) is 4.07. The third kappa shape index (κ3) is 2.06. The fourth-order valence-corrected chi connectivity index (χ4v) is 2.19. The van der Waals surface area contributed by atoms with Gasteiger partial charge in [-0.1, -0.05) is 13.3 Å². The monoisotopic (exact) mass is 190 g/mol. The molecule has 0 aliphatic carbocycles. The molecule has 0 saturated carbocycles. The first kappa shape index (κ1) is 9.50. The van der Waals surface area contributed by atoms with Crippen LogP contribution >= 0.6 is 0 Å². The molecule has 14 heavy (non-hydrogen) atoms. The van der Waals surface area contributed by atoms with Gasteiger partial charge in [0.05, 0.1) is 0 Å². The number of hydrogen-bond donors (Lipinski definition) is 0. The van der Waals surface area contributed by atoms with E-state index in [1.165, 1.54) is 38.0 Å². The van der Waals surface area contributed by atoms with E-state index in [4.69, 9.17) is 0 Å². The highest BCUT2D eigenvalue weighted by atomic mass is 15.1. The molecule has 0 amide bonds. The highest BCUT2D eigenvalue weighted by Gasteiger charge is 2.18. The molecule has 0 bridgehead atoms. The lowest BCUT2D eigenvalue weighted by Crippen LogP contribution is -2.35. The normalized spacial score (nSPS) is 22.4. The molecular weight excluding hydrogens is 172 g/mol. The molecule has 0 N–H and O–H groups in total. The van der Waals surface area contributed by atoms with E-state index in [-0.39, 0.29) is 0 Å². The molecule has 1 aliphatic heterocycles. The van der Waals surface area contributed by atoms with Crippen LogP contribution in [0.25, 0.3) is 0 Å². The second kappa shape index (κ2) is 4.45. The number of rotatable bonds is 2. The molecule has 1 aromatic rings. The summed E-state index contributed by atoms with van der Waals surface area (Å²) in [5.74, 6) is 0.886. The van der Waals surface area contributed by atoms with Crippen molar-refractivity contribution < 1.29 is 0 Å².